The third-order valence-corrected chi connectivity index (χ3v) is 8.25. The highest BCUT2D eigenvalue weighted by Crippen LogP contribution is 2.51. The van der Waals surface area contributed by atoms with E-state index in [1.807, 2.05) is 30.5 Å². The zero-order valence-electron chi connectivity index (χ0n) is 19.3. The van der Waals surface area contributed by atoms with Crippen LogP contribution in [0.2, 0.25) is 5.15 Å². The molecule has 0 saturated carbocycles. The maximum absolute atomic E-state index is 11.5. The van der Waals surface area contributed by atoms with Crippen LogP contribution in [0.15, 0.2) is 58.8 Å². The largest absolute Gasteiger partial charge is 0.355 e. The lowest BCUT2D eigenvalue weighted by Crippen LogP contribution is -2.44. The van der Waals surface area contributed by atoms with Crippen molar-refractivity contribution in [2.75, 3.05) is 25.0 Å². The highest BCUT2D eigenvalue weighted by Gasteiger charge is 2.46. The topological polar surface area (TPSA) is 97.0 Å². The molecular formula is C26H25ClN6OS. The van der Waals surface area contributed by atoms with Crippen molar-refractivity contribution in [3.8, 4) is 11.8 Å². The van der Waals surface area contributed by atoms with Crippen LogP contribution in [-0.4, -0.2) is 41.0 Å². The molecule has 1 aliphatic heterocycles. The first-order valence-electron chi connectivity index (χ1n) is 11.4. The number of amides is 1. The van der Waals surface area contributed by atoms with Crippen LogP contribution in [0.1, 0.15) is 35.6 Å². The Bertz CT molecular complexity index is 1310. The number of rotatable bonds is 3. The Morgan fingerprint density at radius 1 is 1.23 bits per heavy atom. The summed E-state index contributed by atoms with van der Waals surface area (Å²) < 4.78 is 0. The summed E-state index contributed by atoms with van der Waals surface area (Å²) in [5, 5.41) is 3.76. The Morgan fingerprint density at radius 2 is 2.06 bits per heavy atom. The van der Waals surface area contributed by atoms with Gasteiger partial charge in [0.1, 0.15) is 16.0 Å². The van der Waals surface area contributed by atoms with Gasteiger partial charge in [-0.3, -0.25) is 4.79 Å². The minimum absolute atomic E-state index is 0.0337. The third-order valence-electron chi connectivity index (χ3n) is 6.87. The lowest BCUT2D eigenvalue weighted by atomic mass is 9.73. The van der Waals surface area contributed by atoms with Crippen LogP contribution in [0.4, 0.5) is 5.82 Å². The number of hydrogen-bond donors (Lipinski definition) is 2. The van der Waals surface area contributed by atoms with E-state index in [-0.39, 0.29) is 17.4 Å². The molecule has 1 saturated heterocycles. The molecule has 0 bridgehead atoms. The number of carbonyl (C=O) groups excluding carboxylic acids is 1. The normalized spacial score (nSPS) is 18.0. The van der Waals surface area contributed by atoms with Crippen molar-refractivity contribution in [3.05, 3.63) is 70.8 Å². The Balaban J connectivity index is 1.24. The molecule has 35 heavy (non-hydrogen) atoms. The molecule has 0 unspecified atom stereocenters. The van der Waals surface area contributed by atoms with Gasteiger partial charge < -0.3 is 16.0 Å². The van der Waals surface area contributed by atoms with Crippen molar-refractivity contribution in [2.45, 2.75) is 35.2 Å². The summed E-state index contributed by atoms with van der Waals surface area (Å²) in [5.74, 6) is 6.11. The second kappa shape index (κ2) is 9.86. The summed E-state index contributed by atoms with van der Waals surface area (Å²) in [6, 6.07) is 9.86. The molecule has 7 nitrogen and oxygen atoms in total. The van der Waals surface area contributed by atoms with Crippen molar-refractivity contribution in [2.24, 2.45) is 11.1 Å². The van der Waals surface area contributed by atoms with Crippen molar-refractivity contribution >= 4 is 35.1 Å². The molecule has 3 heterocycles. The van der Waals surface area contributed by atoms with Gasteiger partial charge in [0.2, 0.25) is 0 Å². The number of piperidine rings is 1. The van der Waals surface area contributed by atoms with Crippen molar-refractivity contribution < 1.29 is 4.79 Å². The van der Waals surface area contributed by atoms with Gasteiger partial charge in [-0.2, -0.15) is 0 Å². The van der Waals surface area contributed by atoms with Crippen LogP contribution >= 0.6 is 23.4 Å². The summed E-state index contributed by atoms with van der Waals surface area (Å²) in [7, 11) is 1.57. The van der Waals surface area contributed by atoms with Crippen molar-refractivity contribution in [1.82, 2.24) is 20.3 Å². The number of carbonyl (C=O) groups is 1. The van der Waals surface area contributed by atoms with Gasteiger partial charge in [-0.15, -0.1) is 0 Å². The first-order chi connectivity index (χ1) is 17.0. The van der Waals surface area contributed by atoms with E-state index in [0.717, 1.165) is 59.2 Å². The van der Waals surface area contributed by atoms with Gasteiger partial charge in [-0.05, 0) is 60.1 Å². The number of nitrogens with two attached hydrogens (primary N) is 1. The zero-order chi connectivity index (χ0) is 24.4. The molecule has 1 aliphatic carbocycles. The highest BCUT2D eigenvalue weighted by atomic mass is 35.5. The van der Waals surface area contributed by atoms with Gasteiger partial charge in [-0.25, -0.2) is 15.0 Å². The molecule has 1 atom stereocenters. The van der Waals surface area contributed by atoms with E-state index in [0.29, 0.717) is 5.15 Å². The Morgan fingerprint density at radius 3 is 2.77 bits per heavy atom. The van der Waals surface area contributed by atoms with Gasteiger partial charge in [0, 0.05) is 43.9 Å². The van der Waals surface area contributed by atoms with E-state index in [9.17, 15) is 4.79 Å². The second-order valence-corrected chi connectivity index (χ2v) is 10.3. The molecule has 1 amide bonds. The number of nitrogens with one attached hydrogen (secondary N) is 1. The first-order valence-corrected chi connectivity index (χ1v) is 12.6. The molecule has 1 aromatic carbocycles. The number of pyridine rings is 1. The predicted octanol–water partition coefficient (Wildman–Crippen LogP) is 3.62. The molecule has 2 aliphatic rings. The van der Waals surface area contributed by atoms with E-state index in [1.165, 1.54) is 17.3 Å². The number of aromatic nitrogens is 3. The van der Waals surface area contributed by atoms with Crippen LogP contribution in [0.5, 0.6) is 0 Å². The molecule has 3 aromatic rings. The SMILES string of the molecule is CNC(=O)C#Cc1ccc2c(c1)[C@@H](N)C1(CCN(c3cnc(Sc4cccnc4Cl)cn3)CC1)C2. The Hall–Kier alpha value is -3.12. The van der Waals surface area contributed by atoms with Gasteiger partial charge in [0.25, 0.3) is 5.91 Å². The maximum atomic E-state index is 11.5. The maximum Gasteiger partial charge on any atom is 0.295 e. The monoisotopic (exact) mass is 504 g/mol. The standard InChI is InChI=1S/C26H25ClN6OS/c1-29-22(34)7-5-17-4-6-18-14-26(24(28)19(18)13-17)8-11-33(12-9-26)21-15-32-23(16-31-21)35-20-3-2-10-30-25(20)27/h2-4,6,10,13,15-16,24H,8-9,11-12,14,28H2,1H3,(H,29,34)/t24-/m1/s1. The fourth-order valence-electron chi connectivity index (χ4n) is 4.89. The predicted molar refractivity (Wildman–Crippen MR) is 137 cm³/mol. The van der Waals surface area contributed by atoms with Crippen molar-refractivity contribution in [3.63, 3.8) is 0 Å². The molecule has 1 fully saturated rings. The van der Waals surface area contributed by atoms with Crippen LogP contribution < -0.4 is 16.0 Å². The molecule has 0 radical (unpaired) electrons. The minimum atomic E-state index is -0.297. The molecule has 3 N–H and O–H groups in total. The fourth-order valence-corrected chi connectivity index (χ4v) is 5.84. The summed E-state index contributed by atoms with van der Waals surface area (Å²) >= 11 is 7.60. The minimum Gasteiger partial charge on any atom is -0.355 e. The Kier molecular flexibility index (Phi) is 6.65. The lowest BCUT2D eigenvalue weighted by Gasteiger charge is -2.42. The number of fused-ring (bicyclic) bond motifs is 1. The summed E-state index contributed by atoms with van der Waals surface area (Å²) in [4.78, 5) is 27.9. The van der Waals surface area contributed by atoms with E-state index in [4.69, 9.17) is 17.3 Å². The van der Waals surface area contributed by atoms with E-state index in [2.05, 4.69) is 43.1 Å². The van der Waals surface area contributed by atoms with Crippen LogP contribution in [0, 0.1) is 17.3 Å². The van der Waals surface area contributed by atoms with Gasteiger partial charge in [0.15, 0.2) is 0 Å². The van der Waals surface area contributed by atoms with Gasteiger partial charge in [-0.1, -0.05) is 35.3 Å². The summed E-state index contributed by atoms with van der Waals surface area (Å²) in [6.07, 6.45) is 8.20. The molecule has 1 spiro atoms. The van der Waals surface area contributed by atoms with E-state index >= 15 is 0 Å². The average Bonchev–Trinajstić information content (AvgIpc) is 3.15. The molecule has 9 heteroatoms. The quantitative estimate of drug-likeness (QED) is 0.415. The molecule has 5 rings (SSSR count). The smallest absolute Gasteiger partial charge is 0.295 e. The Labute approximate surface area is 213 Å². The van der Waals surface area contributed by atoms with E-state index in [1.54, 1.807) is 19.4 Å². The summed E-state index contributed by atoms with van der Waals surface area (Å²) in [6.45, 7) is 1.75. The van der Waals surface area contributed by atoms with Crippen LogP contribution in [-0.2, 0) is 11.2 Å². The number of halogens is 1. The van der Waals surface area contributed by atoms with Crippen LogP contribution in [0.25, 0.3) is 0 Å². The van der Waals surface area contributed by atoms with Gasteiger partial charge in [0.05, 0.1) is 17.3 Å². The molecule has 178 valence electrons. The van der Waals surface area contributed by atoms with Crippen molar-refractivity contribution in [1.29, 1.82) is 0 Å². The van der Waals surface area contributed by atoms with Crippen LogP contribution in [0.3, 0.4) is 0 Å². The summed E-state index contributed by atoms with van der Waals surface area (Å²) in [5.41, 5.74) is 10.1. The van der Waals surface area contributed by atoms with Gasteiger partial charge >= 0.3 is 0 Å². The van der Waals surface area contributed by atoms with E-state index < -0.39 is 0 Å². The first kappa shape index (κ1) is 23.6. The molecular weight excluding hydrogens is 480 g/mol. The number of anilines is 1. The lowest BCUT2D eigenvalue weighted by molar-refractivity contribution is -0.115. The average molecular weight is 505 g/mol. The third kappa shape index (κ3) is 4.85. The number of benzene rings is 1. The number of hydrogen-bond acceptors (Lipinski definition) is 7. The number of nitrogens with zero attached hydrogens (tertiary/aromatic N) is 4. The molecule has 2 aromatic heterocycles. The zero-order valence-corrected chi connectivity index (χ0v) is 20.9. The second-order valence-electron chi connectivity index (χ2n) is 8.85. The fraction of sp³-hybridized carbons (Fsp3) is 0.308. The highest BCUT2D eigenvalue weighted by molar-refractivity contribution is 7.99.